The first kappa shape index (κ1) is 15.8. The Hall–Kier alpha value is -1.73. The van der Waals surface area contributed by atoms with E-state index in [-0.39, 0.29) is 17.4 Å². The first-order valence-electron chi connectivity index (χ1n) is 8.09. The van der Waals surface area contributed by atoms with Crippen LogP contribution in [0.25, 0.3) is 0 Å². The first-order valence-corrected chi connectivity index (χ1v) is 9.50. The molecule has 0 amide bonds. The van der Waals surface area contributed by atoms with Crippen LogP contribution in [-0.2, 0) is 19.6 Å². The van der Waals surface area contributed by atoms with E-state index in [1.165, 1.54) is 12.1 Å². The molecule has 0 spiro atoms. The fourth-order valence-electron chi connectivity index (χ4n) is 4.83. The van der Waals surface area contributed by atoms with Crippen LogP contribution in [0.4, 0.5) is 0 Å². The molecule has 0 N–H and O–H groups in total. The van der Waals surface area contributed by atoms with Crippen molar-refractivity contribution in [2.45, 2.75) is 42.6 Å². The zero-order valence-corrected chi connectivity index (χ0v) is 13.8. The van der Waals surface area contributed by atoms with Crippen molar-refractivity contribution in [2.75, 3.05) is 0 Å². The highest BCUT2D eigenvalue weighted by atomic mass is 32.2. The molecule has 5 rings (SSSR count). The number of hydrogen-bond donors (Lipinski definition) is 0. The van der Waals surface area contributed by atoms with Gasteiger partial charge < -0.3 is 9.29 Å². The summed E-state index contributed by atoms with van der Waals surface area (Å²) in [5.74, 6) is 0.0585. The third-order valence-electron chi connectivity index (χ3n) is 5.61. The van der Waals surface area contributed by atoms with Gasteiger partial charge in [-0.2, -0.15) is 0 Å². The number of ether oxygens (including phenoxy) is 1. The number of carbonyl (C=O) groups is 2. The average molecular weight is 349 g/mol. The van der Waals surface area contributed by atoms with Crippen molar-refractivity contribution in [3.8, 4) is 0 Å². The highest BCUT2D eigenvalue weighted by Gasteiger charge is 2.57. The van der Waals surface area contributed by atoms with Gasteiger partial charge in [-0.3, -0.25) is 4.79 Å². The predicted molar refractivity (Wildman–Crippen MR) is 81.1 cm³/mol. The van der Waals surface area contributed by atoms with Gasteiger partial charge in [-0.05, 0) is 56.2 Å². The Morgan fingerprint density at radius 1 is 1.17 bits per heavy atom. The summed E-state index contributed by atoms with van der Waals surface area (Å²) in [6.45, 7) is 0. The van der Waals surface area contributed by atoms with Crippen molar-refractivity contribution < 1.29 is 27.3 Å². The number of rotatable bonds is 3. The summed E-state index contributed by atoms with van der Waals surface area (Å²) < 4.78 is 39.1. The van der Waals surface area contributed by atoms with E-state index in [1.54, 1.807) is 0 Å². The molecule has 2 atom stereocenters. The van der Waals surface area contributed by atoms with Gasteiger partial charge in [0.15, 0.2) is 0 Å². The van der Waals surface area contributed by atoms with Crippen LogP contribution in [0.3, 0.4) is 0 Å². The highest BCUT2D eigenvalue weighted by molar-refractivity contribution is 7.85. The molecular weight excluding hydrogens is 332 g/mol. The quantitative estimate of drug-likeness (QED) is 0.610. The van der Waals surface area contributed by atoms with Crippen LogP contribution in [0.2, 0.25) is 0 Å². The molecule has 6 nitrogen and oxygen atoms in total. The summed E-state index contributed by atoms with van der Waals surface area (Å²) >= 11 is 0. The van der Waals surface area contributed by atoms with Crippen LogP contribution in [0.15, 0.2) is 29.2 Å². The number of benzene rings is 1. The lowest BCUT2D eigenvalue weighted by molar-refractivity contribution is -0.162. The molecule has 0 saturated heterocycles. The van der Waals surface area contributed by atoms with Crippen molar-refractivity contribution in [3.63, 3.8) is 0 Å². The highest BCUT2D eigenvalue weighted by Crippen LogP contribution is 2.55. The van der Waals surface area contributed by atoms with Gasteiger partial charge in [-0.25, -0.2) is 13.2 Å². The van der Waals surface area contributed by atoms with E-state index < -0.39 is 26.6 Å². The van der Waals surface area contributed by atoms with Crippen molar-refractivity contribution in [1.82, 2.24) is 0 Å². The van der Waals surface area contributed by atoms with Crippen LogP contribution in [0.5, 0.6) is 0 Å². The smallest absolute Gasteiger partial charge is 0.338 e. The minimum atomic E-state index is -4.62. The summed E-state index contributed by atoms with van der Waals surface area (Å²) in [4.78, 5) is 24.2. The largest absolute Gasteiger partial charge is 0.744 e. The standard InChI is InChI=1S/C17H18O6S/c18-15-12-4-10-5-13(15)9-17(7-10,8-12)23-16(19)11-2-1-3-14(6-11)24(20,21)22/h1-3,6,10,12-13H,4-5,7-9H2,(H,20,21,22)/p-1. The minimum Gasteiger partial charge on any atom is -0.744 e. The van der Waals surface area contributed by atoms with Gasteiger partial charge in [0.1, 0.15) is 21.5 Å². The number of Topliss-reactive ketones (excluding diaryl/α,β-unsaturated/α-hetero) is 1. The monoisotopic (exact) mass is 349 g/mol. The average Bonchev–Trinajstić information content (AvgIpc) is 2.50. The molecular formula is C17H17O6S-. The minimum absolute atomic E-state index is 0.0163. The van der Waals surface area contributed by atoms with Gasteiger partial charge in [0, 0.05) is 11.8 Å². The molecule has 4 saturated carbocycles. The normalized spacial score (nSPS) is 34.4. The van der Waals surface area contributed by atoms with Crippen molar-refractivity contribution in [2.24, 2.45) is 17.8 Å². The van der Waals surface area contributed by atoms with Crippen molar-refractivity contribution in [3.05, 3.63) is 29.8 Å². The fourth-order valence-corrected chi connectivity index (χ4v) is 5.35. The second-order valence-electron chi connectivity index (χ2n) is 7.30. The molecule has 4 aliphatic rings. The Kier molecular flexibility index (Phi) is 3.37. The van der Waals surface area contributed by atoms with Crippen LogP contribution in [0.1, 0.15) is 42.5 Å². The Labute approximate surface area is 139 Å². The van der Waals surface area contributed by atoms with E-state index in [4.69, 9.17) is 4.74 Å². The molecule has 7 heteroatoms. The third kappa shape index (κ3) is 2.56. The first-order chi connectivity index (χ1) is 11.3. The molecule has 0 aliphatic heterocycles. The van der Waals surface area contributed by atoms with Gasteiger partial charge in [0.05, 0.1) is 10.5 Å². The molecule has 0 radical (unpaired) electrons. The SMILES string of the molecule is O=C(OC12CC3CC(C1)C(=O)C(C3)C2)c1cccc(S(=O)(=O)[O-])c1. The number of hydrogen-bond acceptors (Lipinski definition) is 6. The lowest BCUT2D eigenvalue weighted by atomic mass is 9.53. The maximum absolute atomic E-state index is 12.5. The molecule has 128 valence electrons. The molecule has 24 heavy (non-hydrogen) atoms. The number of ketones is 1. The van der Waals surface area contributed by atoms with Crippen LogP contribution >= 0.6 is 0 Å². The van der Waals surface area contributed by atoms with Crippen LogP contribution < -0.4 is 0 Å². The Morgan fingerprint density at radius 2 is 1.83 bits per heavy atom. The molecule has 4 bridgehead atoms. The van der Waals surface area contributed by atoms with Gasteiger partial charge >= 0.3 is 5.97 Å². The summed E-state index contributed by atoms with van der Waals surface area (Å²) in [6, 6.07) is 4.99. The molecule has 4 fully saturated rings. The van der Waals surface area contributed by atoms with E-state index in [1.807, 2.05) is 0 Å². The van der Waals surface area contributed by atoms with E-state index in [0.717, 1.165) is 31.4 Å². The Bertz CT molecular complexity index is 809. The Balaban J connectivity index is 1.58. The predicted octanol–water partition coefficient (Wildman–Crippen LogP) is 1.90. The summed E-state index contributed by atoms with van der Waals surface area (Å²) in [5.41, 5.74) is -0.567. The van der Waals surface area contributed by atoms with Gasteiger partial charge in [-0.1, -0.05) is 6.07 Å². The van der Waals surface area contributed by atoms with Gasteiger partial charge in [0.25, 0.3) is 0 Å². The summed E-state index contributed by atoms with van der Waals surface area (Å²) in [5, 5.41) is 0. The lowest BCUT2D eigenvalue weighted by Crippen LogP contribution is -2.56. The van der Waals surface area contributed by atoms with E-state index >= 15 is 0 Å². The number of esters is 1. The summed E-state index contributed by atoms with van der Waals surface area (Å²) in [7, 11) is -4.62. The molecule has 0 aromatic heterocycles. The maximum atomic E-state index is 12.5. The molecule has 1 aromatic rings. The zero-order valence-electron chi connectivity index (χ0n) is 12.9. The van der Waals surface area contributed by atoms with Crippen molar-refractivity contribution in [1.29, 1.82) is 0 Å². The molecule has 0 heterocycles. The third-order valence-corrected chi connectivity index (χ3v) is 6.44. The summed E-state index contributed by atoms with van der Waals surface area (Å²) in [6.07, 6.45) is 3.66. The van der Waals surface area contributed by atoms with Gasteiger partial charge in [-0.15, -0.1) is 0 Å². The maximum Gasteiger partial charge on any atom is 0.338 e. The second kappa shape index (κ2) is 5.13. The second-order valence-corrected chi connectivity index (χ2v) is 8.68. The molecule has 4 aliphatic carbocycles. The molecule has 1 aromatic carbocycles. The Morgan fingerprint density at radius 3 is 2.46 bits per heavy atom. The van der Waals surface area contributed by atoms with E-state index in [0.29, 0.717) is 24.5 Å². The zero-order chi connectivity index (χ0) is 17.1. The van der Waals surface area contributed by atoms with E-state index in [9.17, 15) is 22.6 Å². The van der Waals surface area contributed by atoms with Crippen LogP contribution in [0, 0.1) is 17.8 Å². The van der Waals surface area contributed by atoms with E-state index in [2.05, 4.69) is 0 Å². The number of carbonyl (C=O) groups excluding carboxylic acids is 2. The van der Waals surface area contributed by atoms with Crippen molar-refractivity contribution >= 4 is 21.9 Å². The van der Waals surface area contributed by atoms with Gasteiger partial charge in [0.2, 0.25) is 0 Å². The lowest BCUT2D eigenvalue weighted by Gasteiger charge is -2.54. The topological polar surface area (TPSA) is 101 Å². The fraction of sp³-hybridized carbons (Fsp3) is 0.529. The van der Waals surface area contributed by atoms with Crippen LogP contribution in [-0.4, -0.2) is 30.3 Å². The molecule has 2 unspecified atom stereocenters.